The van der Waals surface area contributed by atoms with E-state index in [1.54, 1.807) is 11.3 Å². The maximum Gasteiger partial charge on any atom is 0.133 e. The molecule has 3 nitrogen and oxygen atoms in total. The van der Waals surface area contributed by atoms with Crippen LogP contribution < -0.4 is 5.32 Å². The van der Waals surface area contributed by atoms with Crippen molar-refractivity contribution in [3.8, 4) is 0 Å². The summed E-state index contributed by atoms with van der Waals surface area (Å²) in [5.41, 5.74) is 0. The van der Waals surface area contributed by atoms with Gasteiger partial charge in [-0.3, -0.25) is 0 Å². The van der Waals surface area contributed by atoms with Crippen molar-refractivity contribution in [1.29, 1.82) is 0 Å². The van der Waals surface area contributed by atoms with Gasteiger partial charge in [-0.25, -0.2) is 0 Å². The highest BCUT2D eigenvalue weighted by atomic mass is 32.2. The van der Waals surface area contributed by atoms with Crippen LogP contribution in [0, 0.1) is 0 Å². The molecule has 0 aromatic carbocycles. The van der Waals surface area contributed by atoms with Crippen LogP contribution in [0.4, 0.5) is 0 Å². The molecule has 1 fully saturated rings. The Balaban J connectivity index is 1.96. The third-order valence-electron chi connectivity index (χ3n) is 2.90. The fourth-order valence-corrected chi connectivity index (χ4v) is 4.29. The van der Waals surface area contributed by atoms with E-state index in [4.69, 9.17) is 0 Å². The van der Waals surface area contributed by atoms with Crippen LogP contribution in [0.1, 0.15) is 36.7 Å². The van der Waals surface area contributed by atoms with E-state index in [9.17, 15) is 0 Å². The molecule has 0 spiro atoms. The standard InChI is InChI=1S/C11H19N3S2/c1-3-12-7-5-9-13-14-10(16-9)11(2)6-4-8-15-11/h12H,3-8H2,1-2H3. The topological polar surface area (TPSA) is 37.8 Å². The Morgan fingerprint density at radius 2 is 2.31 bits per heavy atom. The lowest BCUT2D eigenvalue weighted by atomic mass is 10.1. The minimum absolute atomic E-state index is 0.244. The van der Waals surface area contributed by atoms with Crippen LogP contribution in [0.25, 0.3) is 0 Å². The summed E-state index contributed by atoms with van der Waals surface area (Å²) in [6.07, 6.45) is 3.57. The molecule has 1 N–H and O–H groups in total. The van der Waals surface area contributed by atoms with E-state index in [0.717, 1.165) is 19.5 Å². The Kier molecular flexibility index (Phi) is 4.21. The van der Waals surface area contributed by atoms with Crippen LogP contribution in [-0.4, -0.2) is 29.0 Å². The number of hydrogen-bond acceptors (Lipinski definition) is 5. The normalized spacial score (nSPS) is 25.1. The van der Waals surface area contributed by atoms with Crippen LogP contribution in [0.2, 0.25) is 0 Å². The van der Waals surface area contributed by atoms with Crippen molar-refractivity contribution in [3.63, 3.8) is 0 Å². The first-order valence-electron chi connectivity index (χ1n) is 5.92. The molecule has 90 valence electrons. The van der Waals surface area contributed by atoms with E-state index in [-0.39, 0.29) is 4.75 Å². The van der Waals surface area contributed by atoms with Crippen molar-refractivity contribution in [1.82, 2.24) is 15.5 Å². The summed E-state index contributed by atoms with van der Waals surface area (Å²) in [6, 6.07) is 0. The molecule has 2 heterocycles. The van der Waals surface area contributed by atoms with Gasteiger partial charge in [-0.05, 0) is 32.1 Å². The predicted molar refractivity (Wildman–Crippen MR) is 71.2 cm³/mol. The lowest BCUT2D eigenvalue weighted by molar-refractivity contribution is 0.633. The summed E-state index contributed by atoms with van der Waals surface area (Å²) in [5, 5.41) is 14.4. The first kappa shape index (κ1) is 12.3. The Morgan fingerprint density at radius 3 is 3.00 bits per heavy atom. The van der Waals surface area contributed by atoms with Crippen molar-refractivity contribution in [3.05, 3.63) is 10.0 Å². The second-order valence-electron chi connectivity index (χ2n) is 4.29. The van der Waals surface area contributed by atoms with Gasteiger partial charge in [0.15, 0.2) is 0 Å². The van der Waals surface area contributed by atoms with Crippen LogP contribution in [0.15, 0.2) is 0 Å². The van der Waals surface area contributed by atoms with Gasteiger partial charge in [0.05, 0.1) is 4.75 Å². The van der Waals surface area contributed by atoms with Gasteiger partial charge < -0.3 is 5.32 Å². The van der Waals surface area contributed by atoms with E-state index >= 15 is 0 Å². The number of likely N-dealkylation sites (N-methyl/N-ethyl adjacent to an activating group) is 1. The summed E-state index contributed by atoms with van der Waals surface area (Å²) < 4.78 is 0.244. The molecule has 0 aliphatic carbocycles. The zero-order valence-electron chi connectivity index (χ0n) is 9.95. The summed E-state index contributed by atoms with van der Waals surface area (Å²) in [6.45, 7) is 6.47. The molecule has 0 saturated carbocycles. The molecule has 16 heavy (non-hydrogen) atoms. The molecular weight excluding hydrogens is 238 g/mol. The molecule has 1 unspecified atom stereocenters. The summed E-state index contributed by atoms with van der Waals surface area (Å²) >= 11 is 3.83. The number of thioether (sulfide) groups is 1. The average Bonchev–Trinajstić information content (AvgIpc) is 2.88. The molecule has 0 amide bonds. The molecule has 2 rings (SSSR count). The molecule has 1 aromatic heterocycles. The SMILES string of the molecule is CCNCCc1nnc(C2(C)CCCS2)s1. The molecule has 1 aromatic rings. The Morgan fingerprint density at radius 1 is 1.44 bits per heavy atom. The van der Waals surface area contributed by atoms with Gasteiger partial charge in [-0.1, -0.05) is 6.92 Å². The van der Waals surface area contributed by atoms with E-state index < -0.39 is 0 Å². The highest BCUT2D eigenvalue weighted by Gasteiger charge is 2.34. The third kappa shape index (κ3) is 2.76. The van der Waals surface area contributed by atoms with Crippen LogP contribution in [0.5, 0.6) is 0 Å². The zero-order chi connectivity index (χ0) is 11.4. The van der Waals surface area contributed by atoms with E-state index in [1.807, 2.05) is 11.8 Å². The first-order valence-corrected chi connectivity index (χ1v) is 7.72. The van der Waals surface area contributed by atoms with Gasteiger partial charge in [-0.15, -0.1) is 33.3 Å². The highest BCUT2D eigenvalue weighted by molar-refractivity contribution is 8.00. The van der Waals surface area contributed by atoms with Crippen LogP contribution in [0.3, 0.4) is 0 Å². The van der Waals surface area contributed by atoms with Crippen molar-refractivity contribution in [2.24, 2.45) is 0 Å². The monoisotopic (exact) mass is 257 g/mol. The van der Waals surface area contributed by atoms with Crippen LogP contribution in [-0.2, 0) is 11.2 Å². The molecule has 0 radical (unpaired) electrons. The maximum atomic E-state index is 4.37. The third-order valence-corrected chi connectivity index (χ3v) is 5.81. The van der Waals surface area contributed by atoms with Gasteiger partial charge in [0.2, 0.25) is 0 Å². The fourth-order valence-electron chi connectivity index (χ4n) is 1.89. The molecule has 1 aliphatic heterocycles. The Hall–Kier alpha value is -0.130. The van der Waals surface area contributed by atoms with Gasteiger partial charge in [-0.2, -0.15) is 0 Å². The molecule has 0 bridgehead atoms. The van der Waals surface area contributed by atoms with Crippen molar-refractivity contribution >= 4 is 23.1 Å². The van der Waals surface area contributed by atoms with E-state index in [1.165, 1.54) is 28.6 Å². The zero-order valence-corrected chi connectivity index (χ0v) is 11.6. The summed E-state index contributed by atoms with van der Waals surface area (Å²) in [5.74, 6) is 1.27. The molecule has 1 aliphatic rings. The molecule has 1 saturated heterocycles. The minimum atomic E-state index is 0.244. The van der Waals surface area contributed by atoms with Gasteiger partial charge in [0, 0.05) is 13.0 Å². The number of nitrogens with zero attached hydrogens (tertiary/aromatic N) is 2. The minimum Gasteiger partial charge on any atom is -0.317 e. The number of hydrogen-bond donors (Lipinski definition) is 1. The summed E-state index contributed by atoms with van der Waals surface area (Å²) in [4.78, 5) is 0. The second kappa shape index (κ2) is 5.47. The lowest BCUT2D eigenvalue weighted by Gasteiger charge is -2.17. The maximum absolute atomic E-state index is 4.37. The van der Waals surface area contributed by atoms with Gasteiger partial charge in [0.1, 0.15) is 10.0 Å². The largest absolute Gasteiger partial charge is 0.317 e. The van der Waals surface area contributed by atoms with Crippen molar-refractivity contribution in [2.75, 3.05) is 18.8 Å². The van der Waals surface area contributed by atoms with E-state index in [0.29, 0.717) is 0 Å². The summed E-state index contributed by atoms with van der Waals surface area (Å²) in [7, 11) is 0. The van der Waals surface area contributed by atoms with Crippen molar-refractivity contribution < 1.29 is 0 Å². The number of nitrogens with one attached hydrogen (secondary N) is 1. The molecule has 5 heteroatoms. The van der Waals surface area contributed by atoms with E-state index in [2.05, 4.69) is 29.4 Å². The molecule has 1 atom stereocenters. The number of rotatable bonds is 5. The Labute approximate surface area is 105 Å². The van der Waals surface area contributed by atoms with Crippen molar-refractivity contribution in [2.45, 2.75) is 37.9 Å². The fraction of sp³-hybridized carbons (Fsp3) is 0.818. The lowest BCUT2D eigenvalue weighted by Crippen LogP contribution is -2.15. The first-order chi connectivity index (χ1) is 7.74. The second-order valence-corrected chi connectivity index (χ2v) is 6.95. The van der Waals surface area contributed by atoms with Gasteiger partial charge >= 0.3 is 0 Å². The van der Waals surface area contributed by atoms with Gasteiger partial charge in [0.25, 0.3) is 0 Å². The average molecular weight is 257 g/mol. The number of aromatic nitrogens is 2. The highest BCUT2D eigenvalue weighted by Crippen LogP contribution is 2.46. The van der Waals surface area contributed by atoms with Crippen LogP contribution >= 0.6 is 23.1 Å². The smallest absolute Gasteiger partial charge is 0.133 e. The molecular formula is C11H19N3S2. The quantitative estimate of drug-likeness (QED) is 0.822. The predicted octanol–water partition coefficient (Wildman–Crippen LogP) is 2.43. The Bertz CT molecular complexity index is 332.